The summed E-state index contributed by atoms with van der Waals surface area (Å²) in [5.41, 5.74) is 12.4. The first kappa shape index (κ1) is 13.0. The monoisotopic (exact) mass is 236 g/mol. The Kier molecular flexibility index (Phi) is 4.47. The zero-order valence-corrected chi connectivity index (χ0v) is 9.59. The zero-order valence-electron chi connectivity index (χ0n) is 9.59. The molecular weight excluding hydrogens is 220 g/mol. The van der Waals surface area contributed by atoms with Gasteiger partial charge in [0.1, 0.15) is 11.9 Å². The fourth-order valence-electron chi connectivity index (χ4n) is 1.40. The van der Waals surface area contributed by atoms with Crippen molar-refractivity contribution >= 4 is 11.7 Å². The molecule has 1 unspecified atom stereocenters. The first-order valence-electron chi connectivity index (χ1n) is 5.03. The van der Waals surface area contributed by atoms with E-state index in [1.165, 1.54) is 7.11 Å². The van der Waals surface area contributed by atoms with Gasteiger partial charge in [-0.05, 0) is 5.56 Å². The van der Waals surface area contributed by atoms with Crippen molar-refractivity contribution in [1.82, 2.24) is 0 Å². The Morgan fingerprint density at radius 2 is 1.94 bits per heavy atom. The molecule has 6 N–H and O–H groups in total. The lowest BCUT2D eigenvalue weighted by Crippen LogP contribution is -2.32. The molecule has 0 fully saturated rings. The highest BCUT2D eigenvalue weighted by molar-refractivity contribution is 5.97. The SMILES string of the molecule is COC(Cc1ccc(/C(N)=N/N)cc1)C(N)=O. The summed E-state index contributed by atoms with van der Waals surface area (Å²) in [5.74, 6) is 4.84. The first-order chi connectivity index (χ1) is 8.08. The van der Waals surface area contributed by atoms with Gasteiger partial charge in [-0.3, -0.25) is 4.79 Å². The lowest BCUT2D eigenvalue weighted by molar-refractivity contribution is -0.127. The molecule has 6 heteroatoms. The molecule has 6 nitrogen and oxygen atoms in total. The summed E-state index contributed by atoms with van der Waals surface area (Å²) < 4.78 is 4.97. The highest BCUT2D eigenvalue weighted by atomic mass is 16.5. The van der Waals surface area contributed by atoms with E-state index in [4.69, 9.17) is 22.0 Å². The maximum Gasteiger partial charge on any atom is 0.246 e. The molecule has 17 heavy (non-hydrogen) atoms. The van der Waals surface area contributed by atoms with Crippen molar-refractivity contribution in [2.24, 2.45) is 22.4 Å². The van der Waals surface area contributed by atoms with Crippen LogP contribution in [0.4, 0.5) is 0 Å². The minimum absolute atomic E-state index is 0.259. The topological polar surface area (TPSA) is 117 Å². The van der Waals surface area contributed by atoms with Crippen LogP contribution < -0.4 is 17.3 Å². The normalized spacial score (nSPS) is 13.4. The van der Waals surface area contributed by atoms with E-state index >= 15 is 0 Å². The number of methoxy groups -OCH3 is 1. The molecule has 0 aliphatic heterocycles. The molecule has 0 heterocycles. The predicted molar refractivity (Wildman–Crippen MR) is 65.0 cm³/mol. The standard InChI is InChI=1S/C11H16N4O2/c1-17-9(11(13)16)6-7-2-4-8(5-3-7)10(12)15-14/h2-5,9H,6,14H2,1H3,(H2,12,15)(H2,13,16). The number of rotatable bonds is 5. The van der Waals surface area contributed by atoms with Crippen LogP contribution in [0.2, 0.25) is 0 Å². The Labute approximate surface area is 99.4 Å². The van der Waals surface area contributed by atoms with Gasteiger partial charge < -0.3 is 22.0 Å². The maximum absolute atomic E-state index is 11.0. The minimum Gasteiger partial charge on any atom is -0.382 e. The molecule has 0 aliphatic rings. The fraction of sp³-hybridized carbons (Fsp3) is 0.273. The van der Waals surface area contributed by atoms with E-state index < -0.39 is 12.0 Å². The van der Waals surface area contributed by atoms with Crippen LogP contribution in [0, 0.1) is 0 Å². The molecule has 0 radical (unpaired) electrons. The third-order valence-electron chi connectivity index (χ3n) is 2.41. The van der Waals surface area contributed by atoms with Gasteiger partial charge in [0, 0.05) is 19.1 Å². The van der Waals surface area contributed by atoms with E-state index in [1.807, 2.05) is 12.1 Å². The quantitative estimate of drug-likeness (QED) is 0.271. The maximum atomic E-state index is 11.0. The van der Waals surface area contributed by atoms with Gasteiger partial charge in [-0.2, -0.15) is 5.10 Å². The highest BCUT2D eigenvalue weighted by Gasteiger charge is 2.14. The van der Waals surface area contributed by atoms with Crippen LogP contribution in [-0.2, 0) is 16.0 Å². The Bertz CT molecular complexity index is 414. The van der Waals surface area contributed by atoms with Crippen LogP contribution in [0.5, 0.6) is 0 Å². The molecule has 1 aromatic carbocycles. The van der Waals surface area contributed by atoms with Crippen molar-refractivity contribution in [1.29, 1.82) is 0 Å². The number of hydrogen-bond acceptors (Lipinski definition) is 4. The highest BCUT2D eigenvalue weighted by Crippen LogP contribution is 2.08. The summed E-state index contributed by atoms with van der Waals surface area (Å²) in [4.78, 5) is 11.0. The zero-order chi connectivity index (χ0) is 12.8. The van der Waals surface area contributed by atoms with Crippen molar-refractivity contribution < 1.29 is 9.53 Å². The number of carbonyl (C=O) groups is 1. The molecule has 0 aromatic heterocycles. The summed E-state index contributed by atoms with van der Waals surface area (Å²) in [6.45, 7) is 0. The smallest absolute Gasteiger partial charge is 0.246 e. The number of hydrazone groups is 1. The summed E-state index contributed by atoms with van der Waals surface area (Å²) >= 11 is 0. The van der Waals surface area contributed by atoms with Crippen molar-refractivity contribution in [3.8, 4) is 0 Å². The van der Waals surface area contributed by atoms with Crippen LogP contribution >= 0.6 is 0 Å². The predicted octanol–water partition coefficient (Wildman–Crippen LogP) is -0.692. The average Bonchev–Trinajstić information content (AvgIpc) is 2.35. The minimum atomic E-state index is -0.624. The first-order valence-corrected chi connectivity index (χ1v) is 5.03. The molecule has 0 saturated carbocycles. The molecule has 92 valence electrons. The Morgan fingerprint density at radius 1 is 1.35 bits per heavy atom. The molecule has 0 saturated heterocycles. The molecule has 0 spiro atoms. The molecule has 1 rings (SSSR count). The molecule has 0 aliphatic carbocycles. The van der Waals surface area contributed by atoms with Crippen LogP contribution in [0.15, 0.2) is 29.4 Å². The lowest BCUT2D eigenvalue weighted by atomic mass is 10.1. The molecule has 1 amide bonds. The van der Waals surface area contributed by atoms with Gasteiger partial charge in [0.2, 0.25) is 5.91 Å². The van der Waals surface area contributed by atoms with Crippen LogP contribution in [0.1, 0.15) is 11.1 Å². The summed E-state index contributed by atoms with van der Waals surface area (Å²) in [5, 5.41) is 3.39. The van der Waals surface area contributed by atoms with Crippen molar-refractivity contribution in [2.75, 3.05) is 7.11 Å². The van der Waals surface area contributed by atoms with Crippen LogP contribution in [0.3, 0.4) is 0 Å². The summed E-state index contributed by atoms with van der Waals surface area (Å²) in [6, 6.07) is 7.19. The second-order valence-corrected chi connectivity index (χ2v) is 3.54. The van der Waals surface area contributed by atoms with Crippen LogP contribution in [0.25, 0.3) is 0 Å². The van der Waals surface area contributed by atoms with Gasteiger partial charge in [-0.25, -0.2) is 0 Å². The second kappa shape index (κ2) is 5.86. The third kappa shape index (κ3) is 3.46. The Hall–Kier alpha value is -2.08. The Morgan fingerprint density at radius 3 is 2.35 bits per heavy atom. The van der Waals surface area contributed by atoms with Gasteiger partial charge in [0.25, 0.3) is 0 Å². The van der Waals surface area contributed by atoms with E-state index in [2.05, 4.69) is 5.10 Å². The Balaban J connectivity index is 2.78. The molecule has 0 bridgehead atoms. The van der Waals surface area contributed by atoms with E-state index in [1.54, 1.807) is 12.1 Å². The van der Waals surface area contributed by atoms with E-state index in [0.29, 0.717) is 6.42 Å². The van der Waals surface area contributed by atoms with Crippen molar-refractivity contribution in [2.45, 2.75) is 12.5 Å². The van der Waals surface area contributed by atoms with E-state index in [-0.39, 0.29) is 5.84 Å². The van der Waals surface area contributed by atoms with E-state index in [9.17, 15) is 4.79 Å². The largest absolute Gasteiger partial charge is 0.382 e. The number of amidine groups is 1. The number of carbonyl (C=O) groups excluding carboxylic acids is 1. The number of amides is 1. The number of ether oxygens (including phenoxy) is 1. The second-order valence-electron chi connectivity index (χ2n) is 3.54. The van der Waals surface area contributed by atoms with Gasteiger partial charge in [-0.1, -0.05) is 24.3 Å². The molecular formula is C11H16N4O2. The summed E-state index contributed by atoms with van der Waals surface area (Å²) in [7, 11) is 1.45. The van der Waals surface area contributed by atoms with Crippen molar-refractivity contribution in [3.05, 3.63) is 35.4 Å². The van der Waals surface area contributed by atoms with Gasteiger partial charge in [-0.15, -0.1) is 0 Å². The average molecular weight is 236 g/mol. The summed E-state index contributed by atoms with van der Waals surface area (Å²) in [6.07, 6.45) is -0.201. The molecule has 1 atom stereocenters. The number of nitrogens with two attached hydrogens (primary N) is 3. The molecule has 1 aromatic rings. The van der Waals surface area contributed by atoms with E-state index in [0.717, 1.165) is 11.1 Å². The number of primary amides is 1. The number of benzene rings is 1. The van der Waals surface area contributed by atoms with Crippen LogP contribution in [-0.4, -0.2) is 25.0 Å². The van der Waals surface area contributed by atoms with Gasteiger partial charge >= 0.3 is 0 Å². The third-order valence-corrected chi connectivity index (χ3v) is 2.41. The van der Waals surface area contributed by atoms with Crippen molar-refractivity contribution in [3.63, 3.8) is 0 Å². The van der Waals surface area contributed by atoms with Gasteiger partial charge in [0.05, 0.1) is 0 Å². The lowest BCUT2D eigenvalue weighted by Gasteiger charge is -2.11. The fourth-order valence-corrected chi connectivity index (χ4v) is 1.40. The number of nitrogens with zero attached hydrogens (tertiary/aromatic N) is 1. The number of hydrogen-bond donors (Lipinski definition) is 3. The van der Waals surface area contributed by atoms with Gasteiger partial charge in [0.15, 0.2) is 0 Å².